The van der Waals surface area contributed by atoms with Gasteiger partial charge in [-0.1, -0.05) is 11.6 Å². The largest absolute Gasteiger partial charge is 0.330 e. The predicted molar refractivity (Wildman–Crippen MR) is 73.4 cm³/mol. The average molecular weight is 297 g/mol. The number of aromatic amines is 1. The third-order valence-corrected chi connectivity index (χ3v) is 3.38. The Morgan fingerprint density at radius 1 is 1.11 bits per heavy atom. The Bertz CT molecular complexity index is 821. The van der Waals surface area contributed by atoms with Crippen molar-refractivity contribution in [2.45, 2.75) is 0 Å². The van der Waals surface area contributed by atoms with Crippen molar-refractivity contribution in [1.29, 1.82) is 0 Å². The summed E-state index contributed by atoms with van der Waals surface area (Å²) >= 11 is 10.9. The molecule has 6 heteroatoms. The lowest BCUT2D eigenvalue weighted by atomic mass is 10.2. The van der Waals surface area contributed by atoms with Crippen LogP contribution in [0.3, 0.4) is 0 Å². The van der Waals surface area contributed by atoms with Crippen LogP contribution in [0.15, 0.2) is 36.4 Å². The summed E-state index contributed by atoms with van der Waals surface area (Å²) in [6.45, 7) is 0. The second-order valence-corrected chi connectivity index (χ2v) is 4.82. The number of benzene rings is 2. The zero-order valence-corrected chi connectivity index (χ0v) is 11.0. The number of rotatable bonds is 1. The molecule has 1 aromatic heterocycles. The fourth-order valence-electron chi connectivity index (χ4n) is 1.95. The number of H-pyrrole nitrogens is 1. The van der Waals surface area contributed by atoms with Gasteiger partial charge in [-0.05, 0) is 42.5 Å². The molecule has 0 amide bonds. The van der Waals surface area contributed by atoms with E-state index in [9.17, 15) is 8.78 Å². The number of nitrogens with one attached hydrogen (secondary N) is 1. The summed E-state index contributed by atoms with van der Waals surface area (Å²) in [5.74, 6) is -0.872. The molecule has 3 aromatic rings. The first-order chi connectivity index (χ1) is 9.06. The van der Waals surface area contributed by atoms with Crippen molar-refractivity contribution in [3.8, 4) is 5.69 Å². The van der Waals surface area contributed by atoms with Gasteiger partial charge in [0, 0.05) is 11.8 Å². The van der Waals surface area contributed by atoms with E-state index in [0.717, 1.165) is 0 Å². The summed E-state index contributed by atoms with van der Waals surface area (Å²) < 4.78 is 28.5. The van der Waals surface area contributed by atoms with Crippen LogP contribution < -0.4 is 0 Å². The van der Waals surface area contributed by atoms with Gasteiger partial charge in [0.05, 0.1) is 16.1 Å². The van der Waals surface area contributed by atoms with E-state index in [1.807, 2.05) is 0 Å². The zero-order valence-electron chi connectivity index (χ0n) is 9.45. The maximum Gasteiger partial charge on any atom is 0.182 e. The molecule has 1 N–H and O–H groups in total. The second-order valence-electron chi connectivity index (χ2n) is 4.03. The monoisotopic (exact) mass is 296 g/mol. The van der Waals surface area contributed by atoms with Crippen molar-refractivity contribution < 1.29 is 8.78 Å². The van der Waals surface area contributed by atoms with Crippen molar-refractivity contribution in [2.24, 2.45) is 0 Å². The smallest absolute Gasteiger partial charge is 0.182 e. The molecule has 0 bridgehead atoms. The van der Waals surface area contributed by atoms with E-state index in [2.05, 4.69) is 4.98 Å². The topological polar surface area (TPSA) is 20.7 Å². The Hall–Kier alpha value is -1.72. The van der Waals surface area contributed by atoms with Gasteiger partial charge in [0.15, 0.2) is 4.77 Å². The molecular weight excluding hydrogens is 290 g/mol. The molecule has 0 atom stereocenters. The highest BCUT2D eigenvalue weighted by Crippen LogP contribution is 2.25. The molecule has 0 aliphatic carbocycles. The molecule has 0 saturated carbocycles. The van der Waals surface area contributed by atoms with Gasteiger partial charge in [0.1, 0.15) is 11.6 Å². The van der Waals surface area contributed by atoms with E-state index in [4.69, 9.17) is 23.8 Å². The fraction of sp³-hybridized carbons (Fsp3) is 0. The molecule has 0 fully saturated rings. The van der Waals surface area contributed by atoms with Gasteiger partial charge in [-0.3, -0.25) is 4.57 Å². The fourth-order valence-corrected chi connectivity index (χ4v) is 2.43. The maximum absolute atomic E-state index is 13.6. The van der Waals surface area contributed by atoms with Gasteiger partial charge in [-0.2, -0.15) is 0 Å². The van der Waals surface area contributed by atoms with Gasteiger partial charge in [-0.25, -0.2) is 8.78 Å². The molecule has 0 saturated heterocycles. The van der Waals surface area contributed by atoms with E-state index in [0.29, 0.717) is 21.5 Å². The Balaban J connectivity index is 2.34. The quantitative estimate of drug-likeness (QED) is 0.650. The van der Waals surface area contributed by atoms with Crippen LogP contribution in [0.25, 0.3) is 16.7 Å². The molecule has 3 rings (SSSR count). The normalized spacial score (nSPS) is 11.1. The first-order valence-corrected chi connectivity index (χ1v) is 6.20. The second kappa shape index (κ2) is 4.43. The Labute approximate surface area is 117 Å². The summed E-state index contributed by atoms with van der Waals surface area (Å²) in [5, 5.41) is 0.0232. The highest BCUT2D eigenvalue weighted by Gasteiger charge is 2.10. The Morgan fingerprint density at radius 2 is 1.79 bits per heavy atom. The van der Waals surface area contributed by atoms with Crippen LogP contribution >= 0.6 is 23.8 Å². The lowest BCUT2D eigenvalue weighted by Gasteiger charge is -2.04. The minimum atomic E-state index is -0.529. The predicted octanol–water partition coefficient (Wildman–Crippen LogP) is 4.62. The molecule has 0 spiro atoms. The standard InChI is InChI=1S/C13H7ClF2N2S/c14-9-5-11-12(6-10(9)16)18(13(19)17-11)8-3-1-7(15)2-4-8/h1-6H,(H,17,19). The van der Waals surface area contributed by atoms with Crippen molar-refractivity contribution in [3.63, 3.8) is 0 Å². The molecule has 19 heavy (non-hydrogen) atoms. The minimum Gasteiger partial charge on any atom is -0.330 e. The number of nitrogens with zero attached hydrogens (tertiary/aromatic N) is 1. The summed E-state index contributed by atoms with van der Waals surface area (Å²) in [4.78, 5) is 2.94. The van der Waals surface area contributed by atoms with Gasteiger partial charge in [-0.15, -0.1) is 0 Å². The molecule has 0 unspecified atom stereocenters. The maximum atomic E-state index is 13.6. The molecule has 0 radical (unpaired) electrons. The van der Waals surface area contributed by atoms with Crippen LogP contribution in [-0.4, -0.2) is 9.55 Å². The van der Waals surface area contributed by atoms with Gasteiger partial charge in [0.2, 0.25) is 0 Å². The number of fused-ring (bicyclic) bond motifs is 1. The molecular formula is C13H7ClF2N2S. The van der Waals surface area contributed by atoms with Crippen LogP contribution in [0, 0.1) is 16.4 Å². The van der Waals surface area contributed by atoms with Crippen LogP contribution in [0.5, 0.6) is 0 Å². The average Bonchev–Trinajstić information content (AvgIpc) is 2.67. The zero-order chi connectivity index (χ0) is 13.6. The molecule has 96 valence electrons. The first kappa shape index (κ1) is 12.3. The number of imidazole rings is 1. The molecule has 2 aromatic carbocycles. The summed E-state index contributed by atoms with van der Waals surface area (Å²) in [5.41, 5.74) is 1.83. The van der Waals surface area contributed by atoms with Crippen molar-refractivity contribution in [2.75, 3.05) is 0 Å². The Kier molecular flexibility index (Phi) is 2.88. The first-order valence-electron chi connectivity index (χ1n) is 5.42. The summed E-state index contributed by atoms with van der Waals surface area (Å²) in [7, 11) is 0. The van der Waals surface area contributed by atoms with Gasteiger partial charge >= 0.3 is 0 Å². The lowest BCUT2D eigenvalue weighted by molar-refractivity contribution is 0.627. The number of halogens is 3. The van der Waals surface area contributed by atoms with Crippen LogP contribution in [0.2, 0.25) is 5.02 Å². The SMILES string of the molecule is Fc1ccc(-n2c(=S)[nH]c3cc(Cl)c(F)cc32)cc1. The molecule has 0 aliphatic heterocycles. The van der Waals surface area contributed by atoms with E-state index in [-0.39, 0.29) is 10.8 Å². The van der Waals surface area contributed by atoms with Gasteiger partial charge < -0.3 is 4.98 Å². The molecule has 2 nitrogen and oxygen atoms in total. The number of aromatic nitrogens is 2. The molecule has 1 heterocycles. The summed E-state index contributed by atoms with van der Waals surface area (Å²) in [6, 6.07) is 8.57. The highest BCUT2D eigenvalue weighted by atomic mass is 35.5. The lowest BCUT2D eigenvalue weighted by Crippen LogP contribution is -1.94. The Morgan fingerprint density at radius 3 is 2.47 bits per heavy atom. The third-order valence-electron chi connectivity index (χ3n) is 2.81. The van der Waals surface area contributed by atoms with E-state index < -0.39 is 5.82 Å². The van der Waals surface area contributed by atoms with Crippen LogP contribution in [0.4, 0.5) is 8.78 Å². The summed E-state index contributed by atoms with van der Waals surface area (Å²) in [6.07, 6.45) is 0. The van der Waals surface area contributed by atoms with Crippen molar-refractivity contribution in [3.05, 3.63) is 57.8 Å². The number of hydrogen-bond donors (Lipinski definition) is 1. The van der Waals surface area contributed by atoms with Crippen molar-refractivity contribution in [1.82, 2.24) is 9.55 Å². The van der Waals surface area contributed by atoms with Crippen LogP contribution in [-0.2, 0) is 0 Å². The van der Waals surface area contributed by atoms with Gasteiger partial charge in [0.25, 0.3) is 0 Å². The van der Waals surface area contributed by atoms with Crippen molar-refractivity contribution >= 4 is 34.9 Å². The van der Waals surface area contributed by atoms with E-state index in [1.165, 1.54) is 24.3 Å². The molecule has 0 aliphatic rings. The van der Waals surface area contributed by atoms with E-state index >= 15 is 0 Å². The minimum absolute atomic E-state index is 0.0232. The highest BCUT2D eigenvalue weighted by molar-refractivity contribution is 7.71. The number of hydrogen-bond acceptors (Lipinski definition) is 1. The van der Waals surface area contributed by atoms with Crippen LogP contribution in [0.1, 0.15) is 0 Å². The van der Waals surface area contributed by atoms with E-state index in [1.54, 1.807) is 16.7 Å². The third kappa shape index (κ3) is 2.05.